The summed E-state index contributed by atoms with van der Waals surface area (Å²) in [6.07, 6.45) is 0. The van der Waals surface area contributed by atoms with Crippen molar-refractivity contribution in [3.63, 3.8) is 0 Å². The molecule has 2 N–H and O–H groups in total. The van der Waals surface area contributed by atoms with Crippen LogP contribution >= 0.6 is 23.4 Å². The van der Waals surface area contributed by atoms with Gasteiger partial charge in [-0.25, -0.2) is 0 Å². The molecule has 7 nitrogen and oxygen atoms in total. The summed E-state index contributed by atoms with van der Waals surface area (Å²) in [5.74, 6) is 0.277. The van der Waals surface area contributed by atoms with Crippen LogP contribution in [0.25, 0.3) is 0 Å². The average Bonchev–Trinajstić information content (AvgIpc) is 2.51. The Hall–Kier alpha value is -2.06. The van der Waals surface area contributed by atoms with Crippen LogP contribution in [0.4, 0.5) is 5.69 Å². The maximum atomic E-state index is 12.2. The quantitative estimate of drug-likeness (QED) is 0.799. The van der Waals surface area contributed by atoms with E-state index in [4.69, 9.17) is 16.3 Å². The van der Waals surface area contributed by atoms with Crippen LogP contribution in [0.3, 0.4) is 0 Å². The number of amides is 1. The van der Waals surface area contributed by atoms with Crippen molar-refractivity contribution in [2.75, 3.05) is 12.4 Å². The number of aryl methyl sites for hydroxylation is 1. The van der Waals surface area contributed by atoms with Crippen molar-refractivity contribution in [1.82, 2.24) is 15.2 Å². The number of benzene rings is 1. The molecule has 0 saturated heterocycles. The largest absolute Gasteiger partial charge is 0.495 e. The molecular formula is C14H15ClN4O3S. The van der Waals surface area contributed by atoms with E-state index < -0.39 is 5.25 Å². The molecule has 0 fully saturated rings. The lowest BCUT2D eigenvalue weighted by Gasteiger charge is -2.12. The minimum Gasteiger partial charge on any atom is -0.495 e. The second kappa shape index (κ2) is 7.47. The summed E-state index contributed by atoms with van der Waals surface area (Å²) >= 11 is 7.12. The Balaban J connectivity index is 2.03. The van der Waals surface area contributed by atoms with Crippen molar-refractivity contribution in [3.8, 4) is 5.75 Å². The summed E-state index contributed by atoms with van der Waals surface area (Å²) in [6.45, 7) is 3.26. The van der Waals surface area contributed by atoms with Crippen LogP contribution in [0, 0.1) is 6.92 Å². The molecule has 1 heterocycles. The molecular weight excluding hydrogens is 340 g/mol. The van der Waals surface area contributed by atoms with Gasteiger partial charge in [0.25, 0.3) is 5.56 Å². The Morgan fingerprint density at radius 2 is 2.17 bits per heavy atom. The number of nitrogens with zero attached hydrogens (tertiary/aromatic N) is 2. The van der Waals surface area contributed by atoms with Crippen LogP contribution in [0.15, 0.2) is 28.2 Å². The van der Waals surface area contributed by atoms with Crippen molar-refractivity contribution in [1.29, 1.82) is 0 Å². The predicted molar refractivity (Wildman–Crippen MR) is 89.3 cm³/mol. The molecule has 2 rings (SSSR count). The van der Waals surface area contributed by atoms with Crippen molar-refractivity contribution in [2.45, 2.75) is 24.3 Å². The van der Waals surface area contributed by atoms with Gasteiger partial charge in [0.2, 0.25) is 5.91 Å². The van der Waals surface area contributed by atoms with Gasteiger partial charge in [-0.2, -0.15) is 0 Å². The molecule has 0 spiro atoms. The van der Waals surface area contributed by atoms with Crippen LogP contribution < -0.4 is 15.6 Å². The second-order valence-electron chi connectivity index (χ2n) is 4.64. The molecule has 1 atom stereocenters. The Bertz CT molecular complexity index is 781. The summed E-state index contributed by atoms with van der Waals surface area (Å²) in [6, 6.07) is 4.95. The van der Waals surface area contributed by atoms with Gasteiger partial charge < -0.3 is 10.1 Å². The molecule has 1 amide bonds. The van der Waals surface area contributed by atoms with Crippen molar-refractivity contribution < 1.29 is 9.53 Å². The van der Waals surface area contributed by atoms with Gasteiger partial charge in [0.15, 0.2) is 5.16 Å². The predicted octanol–water partition coefficient (Wildman–Crippen LogP) is 2.25. The van der Waals surface area contributed by atoms with E-state index in [1.807, 2.05) is 0 Å². The molecule has 0 aliphatic carbocycles. The number of carbonyl (C=O) groups is 1. The normalized spacial score (nSPS) is 11.8. The van der Waals surface area contributed by atoms with Gasteiger partial charge in [0.05, 0.1) is 17.4 Å². The smallest absolute Gasteiger partial charge is 0.273 e. The zero-order valence-corrected chi connectivity index (χ0v) is 14.3. The monoisotopic (exact) mass is 354 g/mol. The SMILES string of the molecule is COc1ccc(NC(=O)[C@H](C)Sc2nnc(C)c(=O)[nH]2)cc1Cl. The highest BCUT2D eigenvalue weighted by atomic mass is 35.5. The van der Waals surface area contributed by atoms with E-state index in [1.165, 1.54) is 7.11 Å². The summed E-state index contributed by atoms with van der Waals surface area (Å²) in [4.78, 5) is 26.2. The van der Waals surface area contributed by atoms with E-state index in [0.717, 1.165) is 11.8 Å². The number of hydrogen-bond donors (Lipinski definition) is 2. The van der Waals surface area contributed by atoms with Gasteiger partial charge in [-0.1, -0.05) is 23.4 Å². The number of hydrogen-bond acceptors (Lipinski definition) is 6. The lowest BCUT2D eigenvalue weighted by molar-refractivity contribution is -0.115. The van der Waals surface area contributed by atoms with E-state index in [0.29, 0.717) is 16.5 Å². The Labute approximate surface area is 141 Å². The third kappa shape index (κ3) is 4.46. The summed E-state index contributed by atoms with van der Waals surface area (Å²) in [5, 5.41) is 10.5. The number of rotatable bonds is 5. The number of ether oxygens (including phenoxy) is 1. The third-order valence-electron chi connectivity index (χ3n) is 2.92. The Morgan fingerprint density at radius 1 is 1.43 bits per heavy atom. The number of aromatic nitrogens is 3. The Kier molecular flexibility index (Phi) is 5.62. The summed E-state index contributed by atoms with van der Waals surface area (Å²) in [5.41, 5.74) is 0.508. The van der Waals surface area contributed by atoms with Crippen LogP contribution in [0.1, 0.15) is 12.6 Å². The van der Waals surface area contributed by atoms with E-state index in [-0.39, 0.29) is 22.3 Å². The topological polar surface area (TPSA) is 97.0 Å². The maximum absolute atomic E-state index is 12.2. The third-order valence-corrected chi connectivity index (χ3v) is 4.19. The molecule has 0 aliphatic rings. The fourth-order valence-corrected chi connectivity index (χ4v) is 2.64. The molecule has 0 radical (unpaired) electrons. The number of thioether (sulfide) groups is 1. The van der Waals surface area contributed by atoms with Crippen LogP contribution in [-0.2, 0) is 4.79 Å². The average molecular weight is 355 g/mol. The first-order valence-corrected chi connectivity index (χ1v) is 7.91. The zero-order valence-electron chi connectivity index (χ0n) is 12.7. The van der Waals surface area contributed by atoms with Crippen LogP contribution in [0.5, 0.6) is 5.75 Å². The summed E-state index contributed by atoms with van der Waals surface area (Å²) in [7, 11) is 1.52. The summed E-state index contributed by atoms with van der Waals surface area (Å²) < 4.78 is 5.05. The maximum Gasteiger partial charge on any atom is 0.273 e. The first kappa shape index (κ1) is 17.3. The standard InChI is InChI=1S/C14H15ClN4O3S/c1-7-12(20)17-14(19-18-7)23-8(2)13(21)16-9-4-5-11(22-3)10(15)6-9/h4-6,8H,1-3H3,(H,16,21)(H,17,19,20)/t8-/m0/s1. The number of halogens is 1. The highest BCUT2D eigenvalue weighted by molar-refractivity contribution is 8.00. The minimum atomic E-state index is -0.483. The molecule has 23 heavy (non-hydrogen) atoms. The van der Waals surface area contributed by atoms with E-state index in [2.05, 4.69) is 20.5 Å². The lowest BCUT2D eigenvalue weighted by Crippen LogP contribution is -2.23. The number of nitrogens with one attached hydrogen (secondary N) is 2. The lowest BCUT2D eigenvalue weighted by atomic mass is 10.3. The Morgan fingerprint density at radius 3 is 2.78 bits per heavy atom. The molecule has 0 unspecified atom stereocenters. The molecule has 122 valence electrons. The number of aromatic amines is 1. The van der Waals surface area contributed by atoms with E-state index >= 15 is 0 Å². The first-order valence-electron chi connectivity index (χ1n) is 6.65. The minimum absolute atomic E-state index is 0.251. The molecule has 0 bridgehead atoms. The first-order chi connectivity index (χ1) is 10.9. The van der Waals surface area contributed by atoms with Gasteiger partial charge >= 0.3 is 0 Å². The molecule has 2 aromatic rings. The van der Waals surface area contributed by atoms with Crippen molar-refractivity contribution >= 4 is 35.0 Å². The second-order valence-corrected chi connectivity index (χ2v) is 6.38. The number of anilines is 1. The highest BCUT2D eigenvalue weighted by Gasteiger charge is 2.17. The van der Waals surface area contributed by atoms with Crippen LogP contribution in [0.2, 0.25) is 5.02 Å². The zero-order chi connectivity index (χ0) is 17.0. The molecule has 0 saturated carbocycles. The van der Waals surface area contributed by atoms with Crippen molar-refractivity contribution in [2.24, 2.45) is 0 Å². The molecule has 9 heteroatoms. The van der Waals surface area contributed by atoms with Gasteiger partial charge in [-0.3, -0.25) is 14.6 Å². The van der Waals surface area contributed by atoms with Gasteiger partial charge in [-0.15, -0.1) is 10.2 Å². The van der Waals surface area contributed by atoms with Gasteiger partial charge in [0.1, 0.15) is 11.4 Å². The van der Waals surface area contributed by atoms with E-state index in [1.54, 1.807) is 32.0 Å². The van der Waals surface area contributed by atoms with E-state index in [9.17, 15) is 9.59 Å². The number of methoxy groups -OCH3 is 1. The van der Waals surface area contributed by atoms with Gasteiger partial charge in [0, 0.05) is 5.69 Å². The molecule has 1 aromatic heterocycles. The fraction of sp³-hybridized carbons (Fsp3) is 0.286. The van der Waals surface area contributed by atoms with Gasteiger partial charge in [-0.05, 0) is 32.0 Å². The molecule has 0 aliphatic heterocycles. The van der Waals surface area contributed by atoms with Crippen molar-refractivity contribution in [3.05, 3.63) is 39.3 Å². The number of H-pyrrole nitrogens is 1. The molecule has 1 aromatic carbocycles. The highest BCUT2D eigenvalue weighted by Crippen LogP contribution is 2.28. The van der Waals surface area contributed by atoms with Crippen LogP contribution in [-0.4, -0.2) is 33.4 Å². The number of carbonyl (C=O) groups excluding carboxylic acids is 1. The fourth-order valence-electron chi connectivity index (χ4n) is 1.64.